The average Bonchev–Trinajstić information content (AvgIpc) is 2.29. The number of aromatic nitrogens is 2. The Labute approximate surface area is 94.2 Å². The average molecular weight is 212 g/mol. The molecule has 0 saturated heterocycles. The molecule has 0 aliphatic heterocycles. The van der Waals surface area contributed by atoms with Crippen molar-refractivity contribution in [1.29, 1.82) is 0 Å². The summed E-state index contributed by atoms with van der Waals surface area (Å²) in [6, 6.07) is 7.47. The predicted octanol–water partition coefficient (Wildman–Crippen LogP) is 2.32. The molecule has 1 heterocycles. The van der Waals surface area contributed by atoms with Gasteiger partial charge in [-0.05, 0) is 25.5 Å². The fraction of sp³-hybridized carbons (Fsp3) is 0.154. The van der Waals surface area contributed by atoms with Gasteiger partial charge in [0.05, 0.1) is 12.4 Å². The van der Waals surface area contributed by atoms with Crippen LogP contribution in [0.15, 0.2) is 36.7 Å². The quantitative estimate of drug-likeness (QED) is 0.717. The van der Waals surface area contributed by atoms with Gasteiger partial charge in [-0.15, -0.1) is 0 Å². The molecule has 16 heavy (non-hydrogen) atoms. The lowest BCUT2D eigenvalue weighted by atomic mass is 9.99. The third-order valence-electron chi connectivity index (χ3n) is 2.47. The van der Waals surface area contributed by atoms with E-state index in [1.807, 2.05) is 32.0 Å². The maximum Gasteiger partial charge on any atom is 0.194 e. The van der Waals surface area contributed by atoms with Gasteiger partial charge in [-0.3, -0.25) is 4.79 Å². The fourth-order valence-corrected chi connectivity index (χ4v) is 1.65. The number of ketones is 1. The summed E-state index contributed by atoms with van der Waals surface area (Å²) in [6.07, 6.45) is 3.01. The third-order valence-corrected chi connectivity index (χ3v) is 2.47. The van der Waals surface area contributed by atoms with Crippen molar-refractivity contribution in [3.05, 3.63) is 58.9 Å². The molecule has 3 nitrogen and oxygen atoms in total. The van der Waals surface area contributed by atoms with E-state index < -0.39 is 0 Å². The normalized spacial score (nSPS) is 10.1. The summed E-state index contributed by atoms with van der Waals surface area (Å²) >= 11 is 0. The SMILES string of the molecule is Cc1ccc(C(=O)c2ccnnc2)c(C)c1. The molecule has 0 aliphatic carbocycles. The first kappa shape index (κ1) is 10.5. The van der Waals surface area contributed by atoms with Crippen LogP contribution in [0.3, 0.4) is 0 Å². The molecule has 0 atom stereocenters. The van der Waals surface area contributed by atoms with Crippen molar-refractivity contribution in [3.8, 4) is 0 Å². The van der Waals surface area contributed by atoms with Gasteiger partial charge in [0.1, 0.15) is 0 Å². The zero-order chi connectivity index (χ0) is 11.5. The minimum Gasteiger partial charge on any atom is -0.289 e. The van der Waals surface area contributed by atoms with Gasteiger partial charge < -0.3 is 0 Å². The van der Waals surface area contributed by atoms with Crippen LogP contribution in [0.4, 0.5) is 0 Å². The summed E-state index contributed by atoms with van der Waals surface area (Å²) in [5.41, 5.74) is 3.43. The van der Waals surface area contributed by atoms with Gasteiger partial charge in [-0.1, -0.05) is 23.8 Å². The Bertz CT molecular complexity index is 521. The summed E-state index contributed by atoms with van der Waals surface area (Å²) in [5, 5.41) is 7.36. The van der Waals surface area contributed by atoms with E-state index in [4.69, 9.17) is 0 Å². The molecule has 0 N–H and O–H groups in total. The Balaban J connectivity index is 2.42. The van der Waals surface area contributed by atoms with Crippen LogP contribution in [0.1, 0.15) is 27.0 Å². The van der Waals surface area contributed by atoms with Gasteiger partial charge in [-0.2, -0.15) is 10.2 Å². The minimum absolute atomic E-state index is 0.00704. The highest BCUT2D eigenvalue weighted by Crippen LogP contribution is 2.14. The zero-order valence-corrected chi connectivity index (χ0v) is 9.27. The molecule has 0 amide bonds. The molecule has 0 spiro atoms. The second-order valence-corrected chi connectivity index (χ2v) is 3.78. The van der Waals surface area contributed by atoms with E-state index in [9.17, 15) is 4.79 Å². The lowest BCUT2D eigenvalue weighted by molar-refractivity contribution is 0.103. The molecular formula is C13H12N2O. The number of carbonyl (C=O) groups excluding carboxylic acids is 1. The van der Waals surface area contributed by atoms with E-state index in [0.717, 1.165) is 16.7 Å². The van der Waals surface area contributed by atoms with Crippen LogP contribution in [-0.4, -0.2) is 16.0 Å². The largest absolute Gasteiger partial charge is 0.289 e. The molecule has 2 rings (SSSR count). The first-order chi connectivity index (χ1) is 7.68. The van der Waals surface area contributed by atoms with Crippen LogP contribution in [-0.2, 0) is 0 Å². The highest BCUT2D eigenvalue weighted by molar-refractivity contribution is 6.09. The van der Waals surface area contributed by atoms with E-state index in [2.05, 4.69) is 10.2 Å². The molecule has 0 fully saturated rings. The predicted molar refractivity (Wildman–Crippen MR) is 61.4 cm³/mol. The van der Waals surface area contributed by atoms with Crippen molar-refractivity contribution in [2.24, 2.45) is 0 Å². The molecule has 80 valence electrons. The Hall–Kier alpha value is -2.03. The monoisotopic (exact) mass is 212 g/mol. The van der Waals surface area contributed by atoms with E-state index in [1.54, 1.807) is 6.07 Å². The summed E-state index contributed by atoms with van der Waals surface area (Å²) in [4.78, 5) is 12.1. The van der Waals surface area contributed by atoms with Crippen molar-refractivity contribution in [3.63, 3.8) is 0 Å². The number of hydrogen-bond donors (Lipinski definition) is 0. The van der Waals surface area contributed by atoms with Crippen molar-refractivity contribution in [2.45, 2.75) is 13.8 Å². The number of benzene rings is 1. The van der Waals surface area contributed by atoms with Crippen LogP contribution in [0.25, 0.3) is 0 Å². The standard InChI is InChI=1S/C13H12N2O/c1-9-3-4-12(10(2)7-9)13(16)11-5-6-14-15-8-11/h3-8H,1-2H3. The van der Waals surface area contributed by atoms with E-state index >= 15 is 0 Å². The summed E-state index contributed by atoms with van der Waals surface area (Å²) < 4.78 is 0. The number of aryl methyl sites for hydroxylation is 2. The molecular weight excluding hydrogens is 200 g/mol. The van der Waals surface area contributed by atoms with Gasteiger partial charge in [0.25, 0.3) is 0 Å². The van der Waals surface area contributed by atoms with Crippen molar-refractivity contribution in [2.75, 3.05) is 0 Å². The van der Waals surface area contributed by atoms with Crippen LogP contribution >= 0.6 is 0 Å². The fourth-order valence-electron chi connectivity index (χ4n) is 1.65. The smallest absolute Gasteiger partial charge is 0.194 e. The lowest BCUT2D eigenvalue weighted by Crippen LogP contribution is -2.04. The van der Waals surface area contributed by atoms with E-state index in [1.165, 1.54) is 12.4 Å². The van der Waals surface area contributed by atoms with Crippen LogP contribution in [0.2, 0.25) is 0 Å². The number of nitrogens with zero attached hydrogens (tertiary/aromatic N) is 2. The topological polar surface area (TPSA) is 42.9 Å². The molecule has 0 aliphatic rings. The van der Waals surface area contributed by atoms with Crippen molar-refractivity contribution < 1.29 is 4.79 Å². The van der Waals surface area contributed by atoms with Gasteiger partial charge in [0.2, 0.25) is 0 Å². The summed E-state index contributed by atoms with van der Waals surface area (Å²) in [7, 11) is 0. The van der Waals surface area contributed by atoms with Crippen molar-refractivity contribution >= 4 is 5.78 Å². The molecule has 3 heteroatoms. The molecule has 2 aromatic rings. The van der Waals surface area contributed by atoms with Gasteiger partial charge >= 0.3 is 0 Å². The molecule has 0 radical (unpaired) electrons. The first-order valence-electron chi connectivity index (χ1n) is 5.07. The Morgan fingerprint density at radius 2 is 1.94 bits per heavy atom. The number of carbonyl (C=O) groups is 1. The molecule has 1 aromatic heterocycles. The lowest BCUT2D eigenvalue weighted by Gasteiger charge is -2.05. The third kappa shape index (κ3) is 1.98. The maximum absolute atomic E-state index is 12.1. The molecule has 0 saturated carbocycles. The second kappa shape index (κ2) is 4.23. The van der Waals surface area contributed by atoms with E-state index in [-0.39, 0.29) is 5.78 Å². The van der Waals surface area contributed by atoms with Gasteiger partial charge in [0.15, 0.2) is 5.78 Å². The maximum atomic E-state index is 12.1. The van der Waals surface area contributed by atoms with Crippen LogP contribution in [0.5, 0.6) is 0 Å². The molecule has 1 aromatic carbocycles. The Morgan fingerprint density at radius 3 is 2.56 bits per heavy atom. The highest BCUT2D eigenvalue weighted by Gasteiger charge is 2.11. The molecule has 0 bridgehead atoms. The van der Waals surface area contributed by atoms with Crippen molar-refractivity contribution in [1.82, 2.24) is 10.2 Å². The van der Waals surface area contributed by atoms with Gasteiger partial charge in [-0.25, -0.2) is 0 Å². The van der Waals surface area contributed by atoms with Gasteiger partial charge in [0, 0.05) is 11.1 Å². The number of hydrogen-bond acceptors (Lipinski definition) is 3. The number of rotatable bonds is 2. The van der Waals surface area contributed by atoms with E-state index in [0.29, 0.717) is 5.56 Å². The molecule has 0 unspecified atom stereocenters. The minimum atomic E-state index is -0.00704. The van der Waals surface area contributed by atoms with Crippen LogP contribution in [0, 0.1) is 13.8 Å². The van der Waals surface area contributed by atoms with Crippen LogP contribution < -0.4 is 0 Å². The highest BCUT2D eigenvalue weighted by atomic mass is 16.1. The summed E-state index contributed by atoms with van der Waals surface area (Å²) in [5.74, 6) is -0.00704. The Kier molecular flexibility index (Phi) is 2.77. The second-order valence-electron chi connectivity index (χ2n) is 3.78. The summed E-state index contributed by atoms with van der Waals surface area (Å²) in [6.45, 7) is 3.95. The Morgan fingerprint density at radius 1 is 1.12 bits per heavy atom. The first-order valence-corrected chi connectivity index (χ1v) is 5.07. The zero-order valence-electron chi connectivity index (χ0n) is 9.27.